The predicted octanol–water partition coefficient (Wildman–Crippen LogP) is 1.94. The van der Waals surface area contributed by atoms with Crippen LogP contribution >= 0.6 is 0 Å². The van der Waals surface area contributed by atoms with Gasteiger partial charge in [0.1, 0.15) is 5.75 Å². The van der Waals surface area contributed by atoms with Crippen LogP contribution in [0.15, 0.2) is 36.4 Å². The summed E-state index contributed by atoms with van der Waals surface area (Å²) in [6.45, 7) is 0.582. The minimum atomic E-state index is -0.540. The second-order valence-electron chi connectivity index (χ2n) is 5.92. The van der Waals surface area contributed by atoms with Gasteiger partial charge in [-0.1, -0.05) is 6.07 Å². The van der Waals surface area contributed by atoms with Crippen LogP contribution in [-0.2, 0) is 11.2 Å². The number of anilines is 2. The van der Waals surface area contributed by atoms with Crippen LogP contribution in [0.25, 0.3) is 0 Å². The summed E-state index contributed by atoms with van der Waals surface area (Å²) in [5.41, 5.74) is 2.43. The number of carbonyl (C=O) groups excluding carboxylic acids is 2. The van der Waals surface area contributed by atoms with Crippen molar-refractivity contribution in [1.29, 1.82) is 0 Å². The molecule has 0 radical (unpaired) electrons. The van der Waals surface area contributed by atoms with Gasteiger partial charge in [-0.15, -0.1) is 0 Å². The molecule has 0 aromatic heterocycles. The van der Waals surface area contributed by atoms with Crippen molar-refractivity contribution in [1.82, 2.24) is 5.32 Å². The third-order valence-electron chi connectivity index (χ3n) is 4.16. The van der Waals surface area contributed by atoms with Gasteiger partial charge in [-0.25, -0.2) is 0 Å². The fourth-order valence-electron chi connectivity index (χ4n) is 2.80. The molecule has 2 aromatic carbocycles. The maximum absolute atomic E-state index is 12.2. The SMILES string of the molecule is COc1cc([N+](=O)[O-])ccc1NC(=O)CNc1ccc2c(c1)C(=O)NCC2. The molecule has 0 fully saturated rings. The number of benzene rings is 2. The number of non-ortho nitro benzene ring substituents is 1. The molecule has 1 aliphatic heterocycles. The van der Waals surface area contributed by atoms with Crippen molar-refractivity contribution in [2.75, 3.05) is 30.8 Å². The van der Waals surface area contributed by atoms with Crippen LogP contribution in [0, 0.1) is 10.1 Å². The summed E-state index contributed by atoms with van der Waals surface area (Å²) in [5.74, 6) is -0.285. The first kappa shape index (κ1) is 18.2. The smallest absolute Gasteiger partial charge is 0.273 e. The van der Waals surface area contributed by atoms with Crippen molar-refractivity contribution in [3.05, 3.63) is 57.6 Å². The first-order chi connectivity index (χ1) is 13.0. The molecule has 0 aliphatic carbocycles. The number of amides is 2. The lowest BCUT2D eigenvalue weighted by Crippen LogP contribution is -2.31. The van der Waals surface area contributed by atoms with E-state index in [0.717, 1.165) is 12.0 Å². The number of carbonyl (C=O) groups is 2. The van der Waals surface area contributed by atoms with Crippen molar-refractivity contribution in [3.63, 3.8) is 0 Å². The van der Waals surface area contributed by atoms with E-state index in [4.69, 9.17) is 4.74 Å². The van der Waals surface area contributed by atoms with Gasteiger partial charge >= 0.3 is 0 Å². The van der Waals surface area contributed by atoms with Gasteiger partial charge in [0.2, 0.25) is 5.91 Å². The van der Waals surface area contributed by atoms with E-state index in [1.165, 1.54) is 25.3 Å². The molecule has 2 amide bonds. The van der Waals surface area contributed by atoms with Crippen LogP contribution in [0.4, 0.5) is 17.1 Å². The minimum Gasteiger partial charge on any atom is -0.494 e. The van der Waals surface area contributed by atoms with Gasteiger partial charge in [-0.05, 0) is 30.2 Å². The van der Waals surface area contributed by atoms with Crippen LogP contribution in [0.5, 0.6) is 5.75 Å². The van der Waals surface area contributed by atoms with E-state index in [1.807, 2.05) is 12.1 Å². The molecule has 3 N–H and O–H groups in total. The van der Waals surface area contributed by atoms with E-state index in [9.17, 15) is 19.7 Å². The average molecular weight is 370 g/mol. The second-order valence-corrected chi connectivity index (χ2v) is 5.92. The van der Waals surface area contributed by atoms with E-state index in [0.29, 0.717) is 23.5 Å². The van der Waals surface area contributed by atoms with Crippen LogP contribution in [-0.4, -0.2) is 36.9 Å². The van der Waals surface area contributed by atoms with Crippen molar-refractivity contribution in [3.8, 4) is 5.75 Å². The van der Waals surface area contributed by atoms with Gasteiger partial charge in [-0.2, -0.15) is 0 Å². The third kappa shape index (κ3) is 4.14. The molecule has 0 atom stereocenters. The topological polar surface area (TPSA) is 123 Å². The maximum Gasteiger partial charge on any atom is 0.273 e. The molecule has 1 heterocycles. The fourth-order valence-corrected chi connectivity index (χ4v) is 2.80. The molecule has 140 valence electrons. The zero-order valence-electron chi connectivity index (χ0n) is 14.6. The normalized spacial score (nSPS) is 12.6. The molecule has 27 heavy (non-hydrogen) atoms. The lowest BCUT2D eigenvalue weighted by Gasteiger charge is -2.17. The highest BCUT2D eigenvalue weighted by atomic mass is 16.6. The Morgan fingerprint density at radius 3 is 2.85 bits per heavy atom. The maximum atomic E-state index is 12.2. The number of methoxy groups -OCH3 is 1. The van der Waals surface area contributed by atoms with Gasteiger partial charge < -0.3 is 20.7 Å². The Bertz CT molecular complexity index is 913. The summed E-state index contributed by atoms with van der Waals surface area (Å²) < 4.78 is 5.09. The van der Waals surface area contributed by atoms with Gasteiger partial charge in [0.05, 0.1) is 30.3 Å². The van der Waals surface area contributed by atoms with E-state index >= 15 is 0 Å². The van der Waals surface area contributed by atoms with E-state index in [-0.39, 0.29) is 29.8 Å². The fraction of sp³-hybridized carbons (Fsp3) is 0.222. The summed E-state index contributed by atoms with van der Waals surface area (Å²) in [5, 5.41) is 19.2. The lowest BCUT2D eigenvalue weighted by molar-refractivity contribution is -0.384. The monoisotopic (exact) mass is 370 g/mol. The Labute approximate surface area is 154 Å². The number of hydrogen-bond donors (Lipinski definition) is 3. The molecular formula is C18H18N4O5. The number of fused-ring (bicyclic) bond motifs is 1. The molecule has 3 rings (SSSR count). The third-order valence-corrected chi connectivity index (χ3v) is 4.16. The Morgan fingerprint density at radius 1 is 1.30 bits per heavy atom. The number of nitro groups is 1. The van der Waals surface area contributed by atoms with Gasteiger partial charge in [-0.3, -0.25) is 19.7 Å². The van der Waals surface area contributed by atoms with Crippen LogP contribution in [0.1, 0.15) is 15.9 Å². The predicted molar refractivity (Wildman–Crippen MR) is 99.2 cm³/mol. The average Bonchev–Trinajstić information content (AvgIpc) is 2.67. The molecule has 0 unspecified atom stereocenters. The van der Waals surface area contributed by atoms with Gasteiger partial charge in [0.15, 0.2) is 0 Å². The molecule has 9 heteroatoms. The van der Waals surface area contributed by atoms with E-state index in [2.05, 4.69) is 16.0 Å². The number of nitro benzene ring substituents is 1. The quantitative estimate of drug-likeness (QED) is 0.527. The Balaban J connectivity index is 1.64. The molecule has 9 nitrogen and oxygen atoms in total. The highest BCUT2D eigenvalue weighted by Crippen LogP contribution is 2.29. The summed E-state index contributed by atoms with van der Waals surface area (Å²) in [6, 6.07) is 9.34. The van der Waals surface area contributed by atoms with Gasteiger partial charge in [0.25, 0.3) is 11.6 Å². The van der Waals surface area contributed by atoms with Crippen molar-refractivity contribution >= 4 is 28.9 Å². The molecule has 2 aromatic rings. The molecule has 0 saturated heterocycles. The lowest BCUT2D eigenvalue weighted by atomic mass is 10.00. The van der Waals surface area contributed by atoms with E-state index in [1.54, 1.807) is 6.07 Å². The van der Waals surface area contributed by atoms with E-state index < -0.39 is 4.92 Å². The number of rotatable bonds is 6. The summed E-state index contributed by atoms with van der Waals surface area (Å²) in [7, 11) is 1.37. The van der Waals surface area contributed by atoms with Crippen LogP contribution in [0.2, 0.25) is 0 Å². The van der Waals surface area contributed by atoms with Crippen molar-refractivity contribution in [2.24, 2.45) is 0 Å². The minimum absolute atomic E-state index is 0.0411. The number of nitrogens with one attached hydrogen (secondary N) is 3. The Morgan fingerprint density at radius 2 is 2.11 bits per heavy atom. The van der Waals surface area contributed by atoms with Gasteiger partial charge in [0, 0.05) is 23.9 Å². The van der Waals surface area contributed by atoms with Crippen LogP contribution < -0.4 is 20.7 Å². The Kier molecular flexibility index (Phi) is 5.20. The highest BCUT2D eigenvalue weighted by molar-refractivity contribution is 5.98. The molecule has 0 saturated carbocycles. The van der Waals surface area contributed by atoms with Crippen LogP contribution in [0.3, 0.4) is 0 Å². The van der Waals surface area contributed by atoms with Crippen molar-refractivity contribution in [2.45, 2.75) is 6.42 Å². The number of nitrogens with zero attached hydrogens (tertiary/aromatic N) is 1. The standard InChI is InChI=1S/C18H18N4O5/c1-27-16-9-13(22(25)26)4-5-15(16)21-17(23)10-20-12-3-2-11-6-7-19-18(24)14(11)8-12/h2-5,8-9,20H,6-7,10H2,1H3,(H,19,24)(H,21,23). The first-order valence-corrected chi connectivity index (χ1v) is 8.25. The molecule has 0 bridgehead atoms. The summed E-state index contributed by atoms with van der Waals surface area (Å²) >= 11 is 0. The second kappa shape index (κ2) is 7.73. The highest BCUT2D eigenvalue weighted by Gasteiger charge is 2.17. The summed E-state index contributed by atoms with van der Waals surface area (Å²) in [4.78, 5) is 34.3. The van der Waals surface area contributed by atoms with Crippen molar-refractivity contribution < 1.29 is 19.2 Å². The molecule has 1 aliphatic rings. The Hall–Kier alpha value is -3.62. The first-order valence-electron chi connectivity index (χ1n) is 8.25. The molecular weight excluding hydrogens is 352 g/mol. The number of hydrogen-bond acceptors (Lipinski definition) is 6. The number of ether oxygens (including phenoxy) is 1. The molecule has 0 spiro atoms. The zero-order chi connectivity index (χ0) is 19.4. The summed E-state index contributed by atoms with van der Waals surface area (Å²) in [6.07, 6.45) is 0.780. The largest absolute Gasteiger partial charge is 0.494 e. The zero-order valence-corrected chi connectivity index (χ0v) is 14.6.